The molecule has 0 radical (unpaired) electrons. The van der Waals surface area contributed by atoms with Crippen molar-refractivity contribution < 1.29 is 115 Å². The zero-order chi connectivity index (χ0) is 77.8. The molecule has 0 aromatic carbocycles. The third-order valence-electron chi connectivity index (χ3n) is 14.0. The number of ether oxygens (including phenoxy) is 9. The number of hydrogen-bond acceptors (Lipinski definition) is 25. The van der Waals surface area contributed by atoms with E-state index in [9.17, 15) is 62.3 Å². The molecule has 0 aromatic rings. The minimum Gasteiger partial charge on any atom is -0.444 e. The number of rotatable bonds is 57. The number of amides is 13. The van der Waals surface area contributed by atoms with Gasteiger partial charge in [0, 0.05) is 90.7 Å². The normalized spacial score (nSPS) is 14.2. The van der Waals surface area contributed by atoms with Crippen LogP contribution in [0.15, 0.2) is 0 Å². The number of aliphatic hydroxyl groups excluding tert-OH is 2. The molecule has 5 unspecified atom stereocenters. The first-order valence-corrected chi connectivity index (χ1v) is 36.6. The zero-order valence-corrected chi connectivity index (χ0v) is 63.4. The van der Waals surface area contributed by atoms with E-state index in [4.69, 9.17) is 52.8 Å². The number of aliphatic hydroxyl groups is 2. The maximum Gasteiger partial charge on any atom is 0.407 e. The first-order chi connectivity index (χ1) is 49.2. The van der Waals surface area contributed by atoms with Gasteiger partial charge in [0.05, 0.1) is 97.7 Å². The van der Waals surface area contributed by atoms with Crippen molar-refractivity contribution in [1.29, 1.82) is 0 Å². The van der Waals surface area contributed by atoms with E-state index < -0.39 is 124 Å². The van der Waals surface area contributed by atoms with Crippen molar-refractivity contribution in [1.82, 2.24) is 63.4 Å². The van der Waals surface area contributed by atoms with Crippen LogP contribution in [0.25, 0.3) is 0 Å². The van der Waals surface area contributed by atoms with E-state index in [0.717, 1.165) is 16.7 Å². The first-order valence-electron chi connectivity index (χ1n) is 35.5. The number of likely N-dealkylation sites (tertiary alicyclic amines) is 1. The SMILES string of the molecule is CC(=O)NC(CSC1CC(=O)N(CCC(=O)NC(CCCCNC(=O)OC(C)(C)C)C(=O)NCCOCCOCCC(=O)NC(CCCCNC(=O)OC(C)(C)C)C(=O)NCCOCCO)C1=O)C(=O)NCCOCCOCCC(=O)NC(CCCCNC(=O)OC(C)(C)C)C(=O)NCCOCCO. The molecule has 0 aliphatic carbocycles. The quantitative estimate of drug-likeness (QED) is 0.0209. The summed E-state index contributed by atoms with van der Waals surface area (Å²) in [5.74, 6) is -5.27. The monoisotopic (exact) mass is 1510 g/mol. The van der Waals surface area contributed by atoms with Crippen molar-refractivity contribution in [3.63, 3.8) is 0 Å². The number of imide groups is 1. The van der Waals surface area contributed by atoms with E-state index in [0.29, 0.717) is 51.6 Å². The highest BCUT2D eigenvalue weighted by Crippen LogP contribution is 2.26. The summed E-state index contributed by atoms with van der Waals surface area (Å²) in [6, 6.07) is -3.92. The molecule has 104 heavy (non-hydrogen) atoms. The number of nitrogens with one attached hydrogen (secondary N) is 11. The molecule has 37 heteroatoms. The van der Waals surface area contributed by atoms with Crippen molar-refractivity contribution >= 4 is 89.1 Å². The van der Waals surface area contributed by atoms with Crippen LogP contribution in [0.5, 0.6) is 0 Å². The highest BCUT2D eigenvalue weighted by Gasteiger charge is 2.40. The second kappa shape index (κ2) is 55.2. The molecule has 1 aliphatic rings. The van der Waals surface area contributed by atoms with Gasteiger partial charge in [-0.15, -0.1) is 11.8 Å². The summed E-state index contributed by atoms with van der Waals surface area (Å²) in [6.45, 7) is 18.5. The van der Waals surface area contributed by atoms with Gasteiger partial charge < -0.3 is 111 Å². The zero-order valence-electron chi connectivity index (χ0n) is 62.6. The fraction of sp³-hybridized carbons (Fsp3) is 0.806. The van der Waals surface area contributed by atoms with Crippen molar-refractivity contribution in [2.45, 2.75) is 199 Å². The summed E-state index contributed by atoms with van der Waals surface area (Å²) >= 11 is 0.984. The van der Waals surface area contributed by atoms with E-state index in [2.05, 4.69) is 58.5 Å². The van der Waals surface area contributed by atoms with Crippen LogP contribution in [0.2, 0.25) is 0 Å². The summed E-state index contributed by atoms with van der Waals surface area (Å²) in [7, 11) is 0. The fourth-order valence-electron chi connectivity index (χ4n) is 9.20. The van der Waals surface area contributed by atoms with Crippen LogP contribution in [-0.2, 0) is 90.6 Å². The molecule has 13 N–H and O–H groups in total. The molecule has 36 nitrogen and oxygen atoms in total. The Balaban J connectivity index is 2.68. The number of thioether (sulfide) groups is 1. The Labute approximate surface area is 614 Å². The Hall–Kier alpha value is -7.26. The van der Waals surface area contributed by atoms with E-state index in [-0.39, 0.29) is 182 Å². The van der Waals surface area contributed by atoms with Gasteiger partial charge in [-0.25, -0.2) is 14.4 Å². The Kier molecular flexibility index (Phi) is 50.3. The fourth-order valence-corrected chi connectivity index (χ4v) is 10.4. The van der Waals surface area contributed by atoms with Crippen LogP contribution < -0.4 is 58.5 Å². The molecule has 0 bridgehead atoms. The van der Waals surface area contributed by atoms with Gasteiger partial charge in [-0.05, 0) is 120 Å². The van der Waals surface area contributed by atoms with Crippen LogP contribution in [-0.4, -0.2) is 289 Å². The maximum absolute atomic E-state index is 13.6. The molecule has 0 spiro atoms. The number of hydrogen-bond donors (Lipinski definition) is 13. The smallest absolute Gasteiger partial charge is 0.407 e. The lowest BCUT2D eigenvalue weighted by molar-refractivity contribution is -0.139. The van der Waals surface area contributed by atoms with Gasteiger partial charge in [-0.1, -0.05) is 0 Å². The lowest BCUT2D eigenvalue weighted by atomic mass is 10.1. The van der Waals surface area contributed by atoms with Crippen LogP contribution in [0, 0.1) is 0 Å². The Morgan fingerprint density at radius 3 is 1.06 bits per heavy atom. The first kappa shape index (κ1) is 94.8. The van der Waals surface area contributed by atoms with E-state index in [1.165, 1.54) is 6.92 Å². The van der Waals surface area contributed by atoms with Crippen molar-refractivity contribution in [3.8, 4) is 0 Å². The summed E-state index contributed by atoms with van der Waals surface area (Å²) < 4.78 is 48.4. The molecule has 1 fully saturated rings. The predicted molar refractivity (Wildman–Crippen MR) is 380 cm³/mol. The van der Waals surface area contributed by atoms with Gasteiger partial charge in [-0.2, -0.15) is 0 Å². The second-order valence-electron chi connectivity index (χ2n) is 26.8. The average Bonchev–Trinajstić information content (AvgIpc) is 1.69. The standard InChI is InChI=1S/C67H120N12O24S/c1-47(82)75-51(60(90)71-29-38-100-44-42-96-34-22-55(85)78-50(59(89)69-27-36-98-40-32-81)19-13-16-25-74-64(94)103-67(8,9)10)46-104-52-45-56(86)79(61(52)91)30-20-53(83)76-48(17-11-14-23-72-62(92)101-65(2,3)4)57(87)70-28-37-99-43-41-95-33-21-54(84)77-49(58(88)68-26-35-97-39-31-80)18-12-15-24-73-63(93)102-66(5,6)7/h48-52,80-81H,11-46H2,1-10H3,(H,68,88)(H,69,89)(H,70,87)(H,71,90)(H,72,92)(H,73,93)(H,74,94)(H,75,82)(H,76,83)(H,77,84)(H,78,85). The molecule has 1 rings (SSSR count). The maximum atomic E-state index is 13.6. The summed E-state index contributed by atoms with van der Waals surface area (Å²) in [5.41, 5.74) is -2.03. The van der Waals surface area contributed by atoms with E-state index >= 15 is 0 Å². The van der Waals surface area contributed by atoms with Gasteiger partial charge in [-0.3, -0.25) is 52.8 Å². The van der Waals surface area contributed by atoms with Crippen LogP contribution in [0.1, 0.15) is 153 Å². The van der Waals surface area contributed by atoms with Gasteiger partial charge in [0.15, 0.2) is 0 Å². The third-order valence-corrected chi connectivity index (χ3v) is 15.3. The van der Waals surface area contributed by atoms with Crippen LogP contribution >= 0.6 is 11.8 Å². The molecular formula is C67H120N12O24S. The molecule has 1 aliphatic heterocycles. The molecule has 0 saturated carbocycles. The molecule has 598 valence electrons. The molecule has 0 aromatic heterocycles. The predicted octanol–water partition coefficient (Wildman–Crippen LogP) is -0.390. The van der Waals surface area contributed by atoms with Crippen molar-refractivity contribution in [2.75, 3.05) is 151 Å². The molecular weight excluding hydrogens is 1390 g/mol. The van der Waals surface area contributed by atoms with E-state index in [1.54, 1.807) is 62.3 Å². The van der Waals surface area contributed by atoms with Gasteiger partial charge in [0.25, 0.3) is 0 Å². The number of nitrogens with zero attached hydrogens (tertiary/aromatic N) is 1. The lowest BCUT2D eigenvalue weighted by Gasteiger charge is -2.21. The number of unbranched alkanes of at least 4 members (excludes halogenated alkanes) is 3. The number of alkyl carbamates (subject to hydrolysis) is 3. The minimum absolute atomic E-state index is 0.00373. The molecule has 13 amide bonds. The van der Waals surface area contributed by atoms with Gasteiger partial charge in [0.1, 0.15) is 41.0 Å². The highest BCUT2D eigenvalue weighted by atomic mass is 32.2. The molecule has 1 saturated heterocycles. The summed E-state index contributed by atoms with van der Waals surface area (Å²) in [5, 5.41) is 46.4. The number of carbonyl (C=O) groups is 13. The van der Waals surface area contributed by atoms with Crippen molar-refractivity contribution in [3.05, 3.63) is 0 Å². The average molecular weight is 1510 g/mol. The van der Waals surface area contributed by atoms with Crippen LogP contribution in [0.3, 0.4) is 0 Å². The Morgan fingerprint density at radius 1 is 0.413 bits per heavy atom. The lowest BCUT2D eigenvalue weighted by Crippen LogP contribution is -2.48. The Bertz CT molecular complexity index is 2590. The van der Waals surface area contributed by atoms with Gasteiger partial charge in [0.2, 0.25) is 59.1 Å². The number of carbonyl (C=O) groups excluding carboxylic acids is 13. The summed E-state index contributed by atoms with van der Waals surface area (Å²) in [6.07, 6.45) is 1.04. The van der Waals surface area contributed by atoms with Crippen LogP contribution in [0.4, 0.5) is 14.4 Å². The molecule has 5 atom stereocenters. The second-order valence-corrected chi connectivity index (χ2v) is 28.1. The highest BCUT2D eigenvalue weighted by molar-refractivity contribution is 8.00. The van der Waals surface area contributed by atoms with Gasteiger partial charge >= 0.3 is 18.3 Å². The molecule has 1 heterocycles. The largest absolute Gasteiger partial charge is 0.444 e. The minimum atomic E-state index is -1.10. The Morgan fingerprint density at radius 2 is 0.731 bits per heavy atom. The third kappa shape index (κ3) is 51.0. The van der Waals surface area contributed by atoms with Crippen molar-refractivity contribution in [2.24, 2.45) is 0 Å². The van der Waals surface area contributed by atoms with E-state index in [1.807, 2.05) is 0 Å². The topological polar surface area (TPSA) is 481 Å². The summed E-state index contributed by atoms with van der Waals surface area (Å²) in [4.78, 5) is 168.